The lowest BCUT2D eigenvalue weighted by atomic mass is 10.3. The molecule has 7 nitrogen and oxygen atoms in total. The van der Waals surface area contributed by atoms with Crippen LogP contribution in [0.4, 0.5) is 17.5 Å². The number of hydrogen-bond donors (Lipinski definition) is 1. The van der Waals surface area contributed by atoms with Crippen molar-refractivity contribution in [2.75, 3.05) is 42.9 Å². The van der Waals surface area contributed by atoms with E-state index < -0.39 is 0 Å². The van der Waals surface area contributed by atoms with Crippen LogP contribution in [0, 0.1) is 0 Å². The van der Waals surface area contributed by atoms with E-state index in [4.69, 9.17) is 0 Å². The van der Waals surface area contributed by atoms with Crippen LogP contribution in [0.5, 0.6) is 0 Å². The van der Waals surface area contributed by atoms with Gasteiger partial charge in [0.15, 0.2) is 5.65 Å². The fourth-order valence-electron chi connectivity index (χ4n) is 2.99. The molecule has 1 fully saturated rings. The van der Waals surface area contributed by atoms with Crippen LogP contribution in [0.3, 0.4) is 0 Å². The molecule has 4 rings (SSSR count). The molecule has 4 heterocycles. The fraction of sp³-hybridized carbons (Fsp3) is 0.353. The Morgan fingerprint density at radius 1 is 1.08 bits per heavy atom. The maximum atomic E-state index is 4.51. The normalized spacial score (nSPS) is 15.8. The minimum Gasteiger partial charge on any atom is -0.368 e. The van der Waals surface area contributed by atoms with Crippen LogP contribution in [0.2, 0.25) is 0 Å². The predicted molar refractivity (Wildman–Crippen MR) is 94.8 cm³/mol. The summed E-state index contributed by atoms with van der Waals surface area (Å²) in [7, 11) is 0. The van der Waals surface area contributed by atoms with Gasteiger partial charge >= 0.3 is 0 Å². The van der Waals surface area contributed by atoms with E-state index in [-0.39, 0.29) is 0 Å². The summed E-state index contributed by atoms with van der Waals surface area (Å²) < 4.78 is 1.83. The highest BCUT2D eigenvalue weighted by atomic mass is 15.4. The van der Waals surface area contributed by atoms with Crippen LogP contribution in [0.25, 0.3) is 5.65 Å². The quantitative estimate of drug-likeness (QED) is 0.792. The summed E-state index contributed by atoms with van der Waals surface area (Å²) in [5.41, 5.74) is 2.01. The summed E-state index contributed by atoms with van der Waals surface area (Å²) in [6.07, 6.45) is 3.79. The Morgan fingerprint density at radius 2 is 1.96 bits per heavy atom. The Morgan fingerprint density at radius 3 is 2.71 bits per heavy atom. The van der Waals surface area contributed by atoms with Crippen molar-refractivity contribution in [2.24, 2.45) is 0 Å². The lowest BCUT2D eigenvalue weighted by molar-refractivity contribution is 0.271. The molecule has 0 saturated carbocycles. The topological polar surface area (TPSA) is 61.6 Å². The molecular weight excluding hydrogens is 302 g/mol. The molecule has 24 heavy (non-hydrogen) atoms. The van der Waals surface area contributed by atoms with Crippen LogP contribution < -0.4 is 10.2 Å². The zero-order valence-electron chi connectivity index (χ0n) is 13.8. The van der Waals surface area contributed by atoms with Crippen molar-refractivity contribution < 1.29 is 0 Å². The molecule has 0 atom stereocenters. The van der Waals surface area contributed by atoms with Crippen molar-refractivity contribution in [2.45, 2.75) is 6.92 Å². The number of aromatic nitrogens is 4. The molecule has 3 aromatic heterocycles. The van der Waals surface area contributed by atoms with Gasteiger partial charge < -0.3 is 15.1 Å². The monoisotopic (exact) mass is 323 g/mol. The molecule has 0 radical (unpaired) electrons. The van der Waals surface area contributed by atoms with Gasteiger partial charge in [-0.15, -0.1) is 5.10 Å². The van der Waals surface area contributed by atoms with Gasteiger partial charge in [-0.3, -0.25) is 0 Å². The molecule has 7 heteroatoms. The van der Waals surface area contributed by atoms with Crippen molar-refractivity contribution in [1.82, 2.24) is 24.5 Å². The molecule has 1 aliphatic heterocycles. The molecule has 0 amide bonds. The van der Waals surface area contributed by atoms with E-state index in [0.29, 0.717) is 5.95 Å². The maximum Gasteiger partial charge on any atom is 0.248 e. The van der Waals surface area contributed by atoms with E-state index in [2.05, 4.69) is 43.2 Å². The van der Waals surface area contributed by atoms with Crippen LogP contribution in [0.15, 0.2) is 42.7 Å². The molecule has 1 saturated heterocycles. The highest BCUT2D eigenvalue weighted by Gasteiger charge is 2.16. The van der Waals surface area contributed by atoms with Crippen LogP contribution in [-0.4, -0.2) is 57.2 Å². The van der Waals surface area contributed by atoms with E-state index in [1.807, 2.05) is 35.0 Å². The standard InChI is InChI=1S/C17H21N7/c1-2-22-9-11-23(12-10-22)14-6-7-16-20-17(21-24(16)13-14)19-15-5-3-4-8-18-15/h3-8,13H,2,9-12H2,1H3,(H,18,19,21). The van der Waals surface area contributed by atoms with E-state index >= 15 is 0 Å². The number of nitrogens with zero attached hydrogens (tertiary/aromatic N) is 6. The van der Waals surface area contributed by atoms with Gasteiger partial charge in [0, 0.05) is 32.4 Å². The second-order valence-corrected chi connectivity index (χ2v) is 5.89. The van der Waals surface area contributed by atoms with Gasteiger partial charge in [0.05, 0.1) is 11.9 Å². The molecule has 3 aromatic rings. The van der Waals surface area contributed by atoms with E-state index in [1.54, 1.807) is 6.20 Å². The van der Waals surface area contributed by atoms with Gasteiger partial charge in [-0.2, -0.15) is 4.98 Å². The summed E-state index contributed by atoms with van der Waals surface area (Å²) in [4.78, 5) is 13.6. The summed E-state index contributed by atoms with van der Waals surface area (Å²) in [5.74, 6) is 1.30. The summed E-state index contributed by atoms with van der Waals surface area (Å²) >= 11 is 0. The minimum absolute atomic E-state index is 0.557. The number of piperazine rings is 1. The number of nitrogens with one attached hydrogen (secondary N) is 1. The van der Waals surface area contributed by atoms with Crippen molar-refractivity contribution >= 4 is 23.1 Å². The first-order valence-corrected chi connectivity index (χ1v) is 8.33. The van der Waals surface area contributed by atoms with Crippen molar-refractivity contribution in [1.29, 1.82) is 0 Å². The van der Waals surface area contributed by atoms with E-state index in [0.717, 1.165) is 44.2 Å². The number of likely N-dealkylation sites (N-methyl/N-ethyl adjacent to an activating group) is 1. The first-order valence-electron chi connectivity index (χ1n) is 8.33. The number of rotatable bonds is 4. The smallest absolute Gasteiger partial charge is 0.248 e. The average Bonchev–Trinajstić information content (AvgIpc) is 3.04. The molecule has 0 unspecified atom stereocenters. The van der Waals surface area contributed by atoms with Gasteiger partial charge in [-0.1, -0.05) is 13.0 Å². The molecule has 0 spiro atoms. The Balaban J connectivity index is 1.53. The molecule has 1 N–H and O–H groups in total. The lowest BCUT2D eigenvalue weighted by Gasteiger charge is -2.35. The largest absolute Gasteiger partial charge is 0.368 e. The summed E-state index contributed by atoms with van der Waals surface area (Å²) in [6, 6.07) is 9.84. The van der Waals surface area contributed by atoms with Gasteiger partial charge in [0.1, 0.15) is 5.82 Å². The van der Waals surface area contributed by atoms with Crippen molar-refractivity contribution in [3.63, 3.8) is 0 Å². The first-order chi connectivity index (χ1) is 11.8. The first kappa shape index (κ1) is 14.9. The molecular formula is C17H21N7. The minimum atomic E-state index is 0.557. The predicted octanol–water partition coefficient (Wildman–Crippen LogP) is 2.01. The zero-order valence-corrected chi connectivity index (χ0v) is 13.8. The number of pyridine rings is 2. The van der Waals surface area contributed by atoms with E-state index in [1.165, 1.54) is 5.69 Å². The molecule has 0 aromatic carbocycles. The Kier molecular flexibility index (Phi) is 4.00. The van der Waals surface area contributed by atoms with Gasteiger partial charge in [0.2, 0.25) is 5.95 Å². The highest BCUT2D eigenvalue weighted by Crippen LogP contribution is 2.18. The maximum absolute atomic E-state index is 4.51. The Labute approximate surface area is 140 Å². The molecule has 0 bridgehead atoms. The summed E-state index contributed by atoms with van der Waals surface area (Å²) in [6.45, 7) is 7.66. The molecule has 1 aliphatic rings. The lowest BCUT2D eigenvalue weighted by Crippen LogP contribution is -2.46. The SMILES string of the molecule is CCN1CCN(c2ccc3nc(Nc4ccccn4)nn3c2)CC1. The zero-order chi connectivity index (χ0) is 16.4. The van der Waals surface area contributed by atoms with Gasteiger partial charge in [0.25, 0.3) is 0 Å². The third kappa shape index (κ3) is 3.03. The second-order valence-electron chi connectivity index (χ2n) is 5.89. The highest BCUT2D eigenvalue weighted by molar-refractivity contribution is 5.56. The second kappa shape index (κ2) is 6.45. The Bertz CT molecular complexity index is 806. The molecule has 0 aliphatic carbocycles. The number of fused-ring (bicyclic) bond motifs is 1. The summed E-state index contributed by atoms with van der Waals surface area (Å²) in [5, 5.41) is 7.64. The van der Waals surface area contributed by atoms with Crippen LogP contribution in [0.1, 0.15) is 6.92 Å². The van der Waals surface area contributed by atoms with Gasteiger partial charge in [-0.25, -0.2) is 9.50 Å². The third-order valence-electron chi connectivity index (χ3n) is 4.40. The van der Waals surface area contributed by atoms with E-state index in [9.17, 15) is 0 Å². The molecule has 124 valence electrons. The number of anilines is 3. The average molecular weight is 323 g/mol. The Hall–Kier alpha value is -2.67. The fourth-order valence-corrected chi connectivity index (χ4v) is 2.99. The van der Waals surface area contributed by atoms with Crippen molar-refractivity contribution in [3.8, 4) is 0 Å². The van der Waals surface area contributed by atoms with Crippen LogP contribution >= 0.6 is 0 Å². The van der Waals surface area contributed by atoms with Crippen LogP contribution in [-0.2, 0) is 0 Å². The van der Waals surface area contributed by atoms with Gasteiger partial charge in [-0.05, 0) is 30.8 Å². The third-order valence-corrected chi connectivity index (χ3v) is 4.40. The number of hydrogen-bond acceptors (Lipinski definition) is 6. The van der Waals surface area contributed by atoms with Crippen molar-refractivity contribution in [3.05, 3.63) is 42.7 Å².